The number of rotatable bonds is 2. The van der Waals surface area contributed by atoms with Gasteiger partial charge in [0.25, 0.3) is 0 Å². The molecule has 0 aliphatic carbocycles. The Morgan fingerprint density at radius 3 is 2.94 bits per heavy atom. The largest absolute Gasteiger partial charge is 0.368 e. The number of hydrogen-bond acceptors (Lipinski definition) is 5. The van der Waals surface area contributed by atoms with Gasteiger partial charge in [0.05, 0.1) is 17.8 Å². The second kappa shape index (κ2) is 4.67. The molecule has 0 aliphatic rings. The van der Waals surface area contributed by atoms with E-state index in [9.17, 15) is 4.39 Å². The number of aromatic nitrogens is 2. The Labute approximate surface area is 103 Å². The smallest absolute Gasteiger partial charge is 0.222 e. The first-order valence-electron chi connectivity index (χ1n) is 5.13. The van der Waals surface area contributed by atoms with Gasteiger partial charge in [-0.05, 0) is 18.2 Å². The predicted octanol–water partition coefficient (Wildman–Crippen LogP) is 1.84. The number of nitrogens with zero attached hydrogens (tertiary/aromatic N) is 4. The van der Waals surface area contributed by atoms with Crippen LogP contribution in [0.2, 0.25) is 0 Å². The van der Waals surface area contributed by atoms with Gasteiger partial charge in [-0.15, -0.1) is 0 Å². The van der Waals surface area contributed by atoms with E-state index in [1.54, 1.807) is 31.3 Å². The zero-order valence-electron chi connectivity index (χ0n) is 9.63. The molecule has 2 N–H and O–H groups in total. The molecule has 2 rings (SSSR count). The summed E-state index contributed by atoms with van der Waals surface area (Å²) < 4.78 is 13.6. The summed E-state index contributed by atoms with van der Waals surface area (Å²) in [5.74, 6) is -0.513. The molecule has 0 bridgehead atoms. The lowest BCUT2D eigenvalue weighted by atomic mass is 10.2. The molecule has 18 heavy (non-hydrogen) atoms. The van der Waals surface area contributed by atoms with Gasteiger partial charge in [-0.3, -0.25) is 0 Å². The molecule has 0 fully saturated rings. The van der Waals surface area contributed by atoms with Gasteiger partial charge in [0.1, 0.15) is 0 Å². The highest BCUT2D eigenvalue weighted by molar-refractivity contribution is 5.61. The van der Waals surface area contributed by atoms with Crippen molar-refractivity contribution in [3.05, 3.63) is 41.8 Å². The van der Waals surface area contributed by atoms with Crippen LogP contribution < -0.4 is 10.6 Å². The van der Waals surface area contributed by atoms with Crippen molar-refractivity contribution in [3.8, 4) is 6.07 Å². The summed E-state index contributed by atoms with van der Waals surface area (Å²) in [6.45, 7) is 0. The molecule has 1 heterocycles. The van der Waals surface area contributed by atoms with E-state index in [1.807, 2.05) is 6.07 Å². The fourth-order valence-corrected chi connectivity index (χ4v) is 1.51. The molecule has 0 atom stereocenters. The molecule has 2 aromatic rings. The third kappa shape index (κ3) is 2.20. The lowest BCUT2D eigenvalue weighted by Crippen LogP contribution is -2.14. The molecule has 0 aliphatic heterocycles. The van der Waals surface area contributed by atoms with Gasteiger partial charge in [-0.25, -0.2) is 9.37 Å². The first-order valence-corrected chi connectivity index (χ1v) is 5.13. The SMILES string of the molecule is CN(c1cccc(C#N)c1)c1nc(N)ncc1F. The number of nitriles is 1. The minimum absolute atomic E-state index is 0.00492. The third-order valence-corrected chi connectivity index (χ3v) is 2.42. The first-order chi connectivity index (χ1) is 8.61. The van der Waals surface area contributed by atoms with Gasteiger partial charge >= 0.3 is 0 Å². The monoisotopic (exact) mass is 243 g/mol. The molecule has 0 saturated heterocycles. The van der Waals surface area contributed by atoms with E-state index in [2.05, 4.69) is 9.97 Å². The topological polar surface area (TPSA) is 78.8 Å². The second-order valence-electron chi connectivity index (χ2n) is 3.62. The summed E-state index contributed by atoms with van der Waals surface area (Å²) in [7, 11) is 1.64. The maximum Gasteiger partial charge on any atom is 0.222 e. The van der Waals surface area contributed by atoms with Crippen molar-refractivity contribution in [1.82, 2.24) is 9.97 Å². The van der Waals surface area contributed by atoms with Crippen LogP contribution in [-0.2, 0) is 0 Å². The standard InChI is InChI=1S/C12H10FN5/c1-18(9-4-2-3-8(5-9)6-14)11-10(13)7-16-12(15)17-11/h2-5,7H,1H3,(H2,15,16,17). The van der Waals surface area contributed by atoms with Gasteiger partial charge in [0.2, 0.25) is 5.95 Å². The Bertz CT molecular complexity index is 620. The minimum Gasteiger partial charge on any atom is -0.368 e. The molecule has 1 aromatic carbocycles. The van der Waals surface area contributed by atoms with Crippen LogP contribution in [0.3, 0.4) is 0 Å². The summed E-state index contributed by atoms with van der Waals surface area (Å²) >= 11 is 0. The van der Waals surface area contributed by atoms with Crippen LogP contribution in [0.25, 0.3) is 0 Å². The number of halogens is 1. The number of benzene rings is 1. The quantitative estimate of drug-likeness (QED) is 0.870. The van der Waals surface area contributed by atoms with E-state index >= 15 is 0 Å². The highest BCUT2D eigenvalue weighted by Crippen LogP contribution is 2.24. The van der Waals surface area contributed by atoms with Crippen molar-refractivity contribution in [2.24, 2.45) is 0 Å². The van der Waals surface area contributed by atoms with Crippen molar-refractivity contribution in [1.29, 1.82) is 5.26 Å². The van der Waals surface area contributed by atoms with E-state index in [-0.39, 0.29) is 11.8 Å². The number of hydrogen-bond donors (Lipinski definition) is 1. The lowest BCUT2D eigenvalue weighted by Gasteiger charge is -2.18. The normalized spacial score (nSPS) is 9.83. The Balaban J connectivity index is 2.44. The van der Waals surface area contributed by atoms with Crippen LogP contribution in [0.5, 0.6) is 0 Å². The molecule has 0 saturated carbocycles. The number of nitrogens with two attached hydrogens (primary N) is 1. The van der Waals surface area contributed by atoms with Gasteiger partial charge in [0, 0.05) is 12.7 Å². The summed E-state index contributed by atoms with van der Waals surface area (Å²) in [5, 5.41) is 8.82. The van der Waals surface area contributed by atoms with Crippen LogP contribution in [-0.4, -0.2) is 17.0 Å². The molecule has 0 amide bonds. The highest BCUT2D eigenvalue weighted by Gasteiger charge is 2.12. The van der Waals surface area contributed by atoms with Gasteiger partial charge in [0.15, 0.2) is 11.6 Å². The summed E-state index contributed by atoms with van der Waals surface area (Å²) in [5.41, 5.74) is 6.56. The Morgan fingerprint density at radius 1 is 1.44 bits per heavy atom. The van der Waals surface area contributed by atoms with Gasteiger partial charge < -0.3 is 10.6 Å². The Kier molecular flexibility index (Phi) is 3.06. The highest BCUT2D eigenvalue weighted by atomic mass is 19.1. The van der Waals surface area contributed by atoms with Crippen molar-refractivity contribution in [2.75, 3.05) is 17.7 Å². The van der Waals surface area contributed by atoms with E-state index in [0.717, 1.165) is 6.20 Å². The molecule has 0 unspecified atom stereocenters. The van der Waals surface area contributed by atoms with Crippen LogP contribution in [0, 0.1) is 17.1 Å². The van der Waals surface area contributed by atoms with E-state index in [4.69, 9.17) is 11.0 Å². The maximum absolute atomic E-state index is 13.6. The van der Waals surface area contributed by atoms with Crippen LogP contribution in [0.4, 0.5) is 21.8 Å². The number of nitrogen functional groups attached to an aromatic ring is 1. The molecule has 90 valence electrons. The van der Waals surface area contributed by atoms with E-state index in [0.29, 0.717) is 11.3 Å². The zero-order valence-corrected chi connectivity index (χ0v) is 9.63. The predicted molar refractivity (Wildman–Crippen MR) is 65.6 cm³/mol. The average molecular weight is 243 g/mol. The van der Waals surface area contributed by atoms with Crippen LogP contribution >= 0.6 is 0 Å². The maximum atomic E-state index is 13.6. The van der Waals surface area contributed by atoms with Crippen molar-refractivity contribution < 1.29 is 4.39 Å². The van der Waals surface area contributed by atoms with Crippen LogP contribution in [0.15, 0.2) is 30.5 Å². The average Bonchev–Trinajstić information content (AvgIpc) is 2.41. The molecule has 1 aromatic heterocycles. The van der Waals surface area contributed by atoms with Crippen molar-refractivity contribution in [2.45, 2.75) is 0 Å². The molecule has 0 spiro atoms. The summed E-state index contributed by atoms with van der Waals surface area (Å²) in [6, 6.07) is 8.79. The van der Waals surface area contributed by atoms with Crippen molar-refractivity contribution >= 4 is 17.5 Å². The minimum atomic E-state index is -0.575. The van der Waals surface area contributed by atoms with Gasteiger partial charge in [-0.2, -0.15) is 10.2 Å². The fraction of sp³-hybridized carbons (Fsp3) is 0.0833. The third-order valence-electron chi connectivity index (χ3n) is 2.42. The van der Waals surface area contributed by atoms with E-state index in [1.165, 1.54) is 4.90 Å². The second-order valence-corrected chi connectivity index (χ2v) is 3.62. The van der Waals surface area contributed by atoms with Gasteiger partial charge in [-0.1, -0.05) is 6.07 Å². The first kappa shape index (κ1) is 11.8. The van der Waals surface area contributed by atoms with E-state index < -0.39 is 5.82 Å². The molecule has 5 nitrogen and oxygen atoms in total. The van der Waals surface area contributed by atoms with Crippen LogP contribution in [0.1, 0.15) is 5.56 Å². The Hall–Kier alpha value is -2.68. The lowest BCUT2D eigenvalue weighted by molar-refractivity contribution is 0.614. The van der Waals surface area contributed by atoms with Crippen molar-refractivity contribution in [3.63, 3.8) is 0 Å². The zero-order chi connectivity index (χ0) is 13.1. The Morgan fingerprint density at radius 2 is 2.22 bits per heavy atom. The molecular formula is C12H10FN5. The summed E-state index contributed by atoms with van der Waals surface area (Å²) in [4.78, 5) is 8.91. The molecular weight excluding hydrogens is 233 g/mol. The number of anilines is 3. The summed E-state index contributed by atoms with van der Waals surface area (Å²) in [6.07, 6.45) is 1.02. The molecule has 0 radical (unpaired) electrons. The molecule has 6 heteroatoms. The fourth-order valence-electron chi connectivity index (χ4n) is 1.51.